The number of fused-ring (bicyclic) bond motifs is 1. The van der Waals surface area contributed by atoms with Crippen LogP contribution in [0.15, 0.2) is 59.3 Å². The summed E-state index contributed by atoms with van der Waals surface area (Å²) in [6.07, 6.45) is 3.49. The third kappa shape index (κ3) is 3.91. The summed E-state index contributed by atoms with van der Waals surface area (Å²) < 4.78 is 12.7. The average molecular weight is 431 g/mol. The quantitative estimate of drug-likeness (QED) is 0.512. The zero-order chi connectivity index (χ0) is 22.1. The molecule has 32 heavy (non-hydrogen) atoms. The molecular formula is C24H25N5O3. The number of anilines is 2. The number of piperidine rings is 1. The molecule has 1 fully saturated rings. The lowest BCUT2D eigenvalue weighted by Gasteiger charge is -2.29. The Morgan fingerprint density at radius 3 is 2.66 bits per heavy atom. The SMILES string of the molecule is COc1ccc(-c2noc(N3CCC(C(=O)Nc4ccc5c(ccn5C)c4)CC3)n2)cc1. The van der Waals surface area contributed by atoms with Gasteiger partial charge in [-0.1, -0.05) is 5.16 Å². The van der Waals surface area contributed by atoms with Crippen molar-refractivity contribution in [1.82, 2.24) is 14.7 Å². The summed E-state index contributed by atoms with van der Waals surface area (Å²) in [6.45, 7) is 1.39. The van der Waals surface area contributed by atoms with E-state index in [0.717, 1.165) is 40.7 Å². The summed E-state index contributed by atoms with van der Waals surface area (Å²) in [5, 5.41) is 8.29. The molecule has 1 aliphatic heterocycles. The van der Waals surface area contributed by atoms with E-state index < -0.39 is 0 Å². The molecule has 8 heteroatoms. The number of methoxy groups -OCH3 is 1. The third-order valence-electron chi connectivity index (χ3n) is 6.05. The highest BCUT2D eigenvalue weighted by atomic mass is 16.5. The lowest BCUT2D eigenvalue weighted by Crippen LogP contribution is -2.38. The summed E-state index contributed by atoms with van der Waals surface area (Å²) in [6, 6.07) is 16.1. The Labute approximate surface area is 185 Å². The molecule has 0 radical (unpaired) electrons. The highest BCUT2D eigenvalue weighted by Gasteiger charge is 2.27. The van der Waals surface area contributed by atoms with Crippen LogP contribution in [0.25, 0.3) is 22.3 Å². The third-order valence-corrected chi connectivity index (χ3v) is 6.05. The van der Waals surface area contributed by atoms with E-state index in [1.807, 2.05) is 66.7 Å². The number of ether oxygens (including phenoxy) is 1. The smallest absolute Gasteiger partial charge is 0.324 e. The molecule has 164 valence electrons. The summed E-state index contributed by atoms with van der Waals surface area (Å²) in [4.78, 5) is 19.4. The number of benzene rings is 2. The predicted octanol–water partition coefficient (Wildman–Crippen LogP) is 4.09. The number of rotatable bonds is 5. The first-order valence-corrected chi connectivity index (χ1v) is 10.7. The summed E-state index contributed by atoms with van der Waals surface area (Å²) >= 11 is 0. The van der Waals surface area contributed by atoms with Gasteiger partial charge in [0, 0.05) is 54.4 Å². The molecule has 1 aliphatic rings. The molecule has 0 bridgehead atoms. The van der Waals surface area contributed by atoms with E-state index in [-0.39, 0.29) is 11.8 Å². The molecule has 4 aromatic rings. The van der Waals surface area contributed by atoms with Gasteiger partial charge >= 0.3 is 6.01 Å². The number of carbonyl (C=O) groups excluding carboxylic acids is 1. The van der Waals surface area contributed by atoms with Gasteiger partial charge in [-0.15, -0.1) is 0 Å². The number of hydrogen-bond acceptors (Lipinski definition) is 6. The molecule has 0 spiro atoms. The minimum atomic E-state index is -0.0401. The zero-order valence-electron chi connectivity index (χ0n) is 18.1. The molecular weight excluding hydrogens is 406 g/mol. The minimum Gasteiger partial charge on any atom is -0.497 e. The summed E-state index contributed by atoms with van der Waals surface area (Å²) in [5.74, 6) is 1.34. The van der Waals surface area contributed by atoms with Crippen molar-refractivity contribution in [1.29, 1.82) is 0 Å². The van der Waals surface area contributed by atoms with Crippen LogP contribution < -0.4 is 15.0 Å². The molecule has 0 saturated carbocycles. The molecule has 8 nitrogen and oxygen atoms in total. The van der Waals surface area contributed by atoms with Gasteiger partial charge in [-0.25, -0.2) is 0 Å². The molecule has 1 saturated heterocycles. The van der Waals surface area contributed by atoms with E-state index in [4.69, 9.17) is 9.26 Å². The van der Waals surface area contributed by atoms with Gasteiger partial charge in [0.05, 0.1) is 7.11 Å². The second-order valence-corrected chi connectivity index (χ2v) is 8.08. The fourth-order valence-electron chi connectivity index (χ4n) is 4.14. The maximum absolute atomic E-state index is 12.8. The number of nitrogens with one attached hydrogen (secondary N) is 1. The first kappa shape index (κ1) is 20.1. The Kier molecular flexibility index (Phi) is 5.26. The van der Waals surface area contributed by atoms with Crippen molar-refractivity contribution in [3.05, 3.63) is 54.7 Å². The fraction of sp³-hybridized carbons (Fsp3) is 0.292. The van der Waals surface area contributed by atoms with Crippen molar-refractivity contribution in [3.63, 3.8) is 0 Å². The van der Waals surface area contributed by atoms with Gasteiger partial charge in [0.2, 0.25) is 11.7 Å². The molecule has 0 atom stereocenters. The van der Waals surface area contributed by atoms with Gasteiger partial charge in [0.15, 0.2) is 0 Å². The van der Waals surface area contributed by atoms with E-state index in [9.17, 15) is 4.79 Å². The molecule has 1 N–H and O–H groups in total. The van der Waals surface area contributed by atoms with E-state index in [0.29, 0.717) is 24.9 Å². The molecule has 0 unspecified atom stereocenters. The lowest BCUT2D eigenvalue weighted by molar-refractivity contribution is -0.120. The highest BCUT2D eigenvalue weighted by molar-refractivity contribution is 5.95. The van der Waals surface area contributed by atoms with Crippen LogP contribution in [0.3, 0.4) is 0 Å². The van der Waals surface area contributed by atoms with Crippen LogP contribution in [0, 0.1) is 5.92 Å². The van der Waals surface area contributed by atoms with Crippen molar-refractivity contribution < 1.29 is 14.1 Å². The van der Waals surface area contributed by atoms with Crippen LogP contribution in [-0.4, -0.2) is 40.8 Å². The zero-order valence-corrected chi connectivity index (χ0v) is 18.1. The molecule has 2 aromatic carbocycles. The maximum Gasteiger partial charge on any atom is 0.324 e. The minimum absolute atomic E-state index is 0.0401. The van der Waals surface area contributed by atoms with Crippen molar-refractivity contribution >= 4 is 28.5 Å². The average Bonchev–Trinajstić information content (AvgIpc) is 3.46. The highest BCUT2D eigenvalue weighted by Crippen LogP contribution is 2.27. The van der Waals surface area contributed by atoms with Crippen LogP contribution in [-0.2, 0) is 11.8 Å². The Hall–Kier alpha value is -3.81. The monoisotopic (exact) mass is 431 g/mol. The topological polar surface area (TPSA) is 85.4 Å². The number of aromatic nitrogens is 3. The van der Waals surface area contributed by atoms with Crippen molar-refractivity contribution in [2.75, 3.05) is 30.4 Å². The molecule has 0 aliphatic carbocycles. The largest absolute Gasteiger partial charge is 0.497 e. The number of amides is 1. The van der Waals surface area contributed by atoms with Crippen LogP contribution in [0.1, 0.15) is 12.8 Å². The van der Waals surface area contributed by atoms with E-state index in [2.05, 4.69) is 20.0 Å². The maximum atomic E-state index is 12.8. The van der Waals surface area contributed by atoms with Gasteiger partial charge in [-0.2, -0.15) is 4.98 Å². The van der Waals surface area contributed by atoms with Gasteiger partial charge in [0.1, 0.15) is 5.75 Å². The molecule has 5 rings (SSSR count). The van der Waals surface area contributed by atoms with Crippen LogP contribution in [0.5, 0.6) is 5.75 Å². The van der Waals surface area contributed by atoms with Crippen LogP contribution >= 0.6 is 0 Å². The number of aryl methyl sites for hydroxylation is 1. The molecule has 3 heterocycles. The Morgan fingerprint density at radius 2 is 1.91 bits per heavy atom. The van der Waals surface area contributed by atoms with Gasteiger partial charge in [-0.05, 0) is 61.4 Å². The standard InChI is InChI=1S/C24H25N5O3/c1-28-12-9-18-15-19(5-8-21(18)28)25-23(30)17-10-13-29(14-11-17)24-26-22(27-32-24)16-3-6-20(31-2)7-4-16/h3-9,12,15,17H,10-11,13-14H2,1-2H3,(H,25,30). The van der Waals surface area contributed by atoms with Crippen molar-refractivity contribution in [3.8, 4) is 17.1 Å². The molecule has 1 amide bonds. The van der Waals surface area contributed by atoms with Gasteiger partial charge < -0.3 is 24.0 Å². The number of nitrogens with zero attached hydrogens (tertiary/aromatic N) is 4. The Bertz CT molecular complexity index is 1240. The van der Waals surface area contributed by atoms with Crippen molar-refractivity contribution in [2.24, 2.45) is 13.0 Å². The van der Waals surface area contributed by atoms with Gasteiger partial charge in [0.25, 0.3) is 0 Å². The number of carbonyl (C=O) groups is 1. The van der Waals surface area contributed by atoms with E-state index in [1.54, 1.807) is 7.11 Å². The Balaban J connectivity index is 1.19. The summed E-state index contributed by atoms with van der Waals surface area (Å²) in [7, 11) is 3.64. The normalized spacial score (nSPS) is 14.6. The Morgan fingerprint density at radius 1 is 1.12 bits per heavy atom. The van der Waals surface area contributed by atoms with E-state index in [1.165, 1.54) is 0 Å². The number of hydrogen-bond donors (Lipinski definition) is 1. The molecule has 2 aromatic heterocycles. The second-order valence-electron chi connectivity index (χ2n) is 8.08. The first-order valence-electron chi connectivity index (χ1n) is 10.7. The van der Waals surface area contributed by atoms with Crippen LogP contribution in [0.4, 0.5) is 11.7 Å². The van der Waals surface area contributed by atoms with Crippen molar-refractivity contribution in [2.45, 2.75) is 12.8 Å². The van der Waals surface area contributed by atoms with Crippen LogP contribution in [0.2, 0.25) is 0 Å². The fourth-order valence-corrected chi connectivity index (χ4v) is 4.14. The summed E-state index contributed by atoms with van der Waals surface area (Å²) in [5.41, 5.74) is 2.84. The second kappa shape index (κ2) is 8.37. The van der Waals surface area contributed by atoms with E-state index >= 15 is 0 Å². The van der Waals surface area contributed by atoms with Gasteiger partial charge in [-0.3, -0.25) is 4.79 Å². The first-order chi connectivity index (χ1) is 15.6. The predicted molar refractivity (Wildman–Crippen MR) is 123 cm³/mol. The lowest BCUT2D eigenvalue weighted by atomic mass is 9.96.